The van der Waals surface area contributed by atoms with Gasteiger partial charge < -0.3 is 10.6 Å². The second kappa shape index (κ2) is 6.53. The number of fused-ring (bicyclic) bond motifs is 1. The van der Waals surface area contributed by atoms with Crippen molar-refractivity contribution in [1.82, 2.24) is 14.2 Å². The molecule has 2 N–H and O–H groups in total. The van der Waals surface area contributed by atoms with Gasteiger partial charge in [-0.15, -0.1) is 5.10 Å². The van der Waals surface area contributed by atoms with Gasteiger partial charge in [0.1, 0.15) is 5.82 Å². The average molecular weight is 329 g/mol. The molecule has 0 spiro atoms. The molecule has 2 aromatic heterocycles. The summed E-state index contributed by atoms with van der Waals surface area (Å²) in [4.78, 5) is 23.2. The SMILES string of the molecule is CC(=O)Nc1ccc(F)c(NCCn2nc3ccccn3c2=O)c1. The third-order valence-electron chi connectivity index (χ3n) is 3.41. The molecule has 0 atom stereocenters. The smallest absolute Gasteiger partial charge is 0.350 e. The zero-order chi connectivity index (χ0) is 17.1. The number of rotatable bonds is 5. The number of hydrogen-bond donors (Lipinski definition) is 2. The minimum atomic E-state index is -0.438. The summed E-state index contributed by atoms with van der Waals surface area (Å²) in [7, 11) is 0. The lowest BCUT2D eigenvalue weighted by molar-refractivity contribution is -0.114. The van der Waals surface area contributed by atoms with E-state index in [1.54, 1.807) is 24.4 Å². The Morgan fingerprint density at radius 3 is 2.88 bits per heavy atom. The number of anilines is 2. The number of halogens is 1. The Bertz CT molecular complexity index is 947. The van der Waals surface area contributed by atoms with Gasteiger partial charge in [0.2, 0.25) is 5.91 Å². The Morgan fingerprint density at radius 2 is 2.12 bits per heavy atom. The number of pyridine rings is 1. The molecule has 0 radical (unpaired) electrons. The molecule has 0 aliphatic rings. The fourth-order valence-electron chi connectivity index (χ4n) is 2.35. The summed E-state index contributed by atoms with van der Waals surface area (Å²) >= 11 is 0. The first-order valence-corrected chi connectivity index (χ1v) is 7.40. The van der Waals surface area contributed by atoms with Crippen LogP contribution in [0, 0.1) is 5.82 Å². The maximum atomic E-state index is 13.8. The van der Waals surface area contributed by atoms with Crippen LogP contribution in [0.4, 0.5) is 15.8 Å². The van der Waals surface area contributed by atoms with Gasteiger partial charge in [-0.25, -0.2) is 13.9 Å². The molecule has 124 valence electrons. The van der Waals surface area contributed by atoms with Crippen molar-refractivity contribution in [3.63, 3.8) is 0 Å². The van der Waals surface area contributed by atoms with Gasteiger partial charge in [0.05, 0.1) is 12.2 Å². The summed E-state index contributed by atoms with van der Waals surface area (Å²) in [6.45, 7) is 1.97. The first kappa shape index (κ1) is 15.7. The van der Waals surface area contributed by atoms with Gasteiger partial charge >= 0.3 is 5.69 Å². The third-order valence-corrected chi connectivity index (χ3v) is 3.41. The highest BCUT2D eigenvalue weighted by molar-refractivity contribution is 5.89. The Morgan fingerprint density at radius 1 is 1.29 bits per heavy atom. The summed E-state index contributed by atoms with van der Waals surface area (Å²) in [5.74, 6) is -0.671. The van der Waals surface area contributed by atoms with E-state index in [4.69, 9.17) is 0 Å². The lowest BCUT2D eigenvalue weighted by Crippen LogP contribution is -2.24. The molecular weight excluding hydrogens is 313 g/mol. The van der Waals surface area contributed by atoms with Crippen LogP contribution in [0.1, 0.15) is 6.92 Å². The minimum Gasteiger partial charge on any atom is -0.381 e. The van der Waals surface area contributed by atoms with Gasteiger partial charge in [-0.2, -0.15) is 0 Å². The normalized spacial score (nSPS) is 10.8. The zero-order valence-corrected chi connectivity index (χ0v) is 13.0. The van der Waals surface area contributed by atoms with Gasteiger partial charge in [-0.1, -0.05) is 6.07 Å². The maximum absolute atomic E-state index is 13.8. The van der Waals surface area contributed by atoms with E-state index in [1.165, 1.54) is 34.2 Å². The molecule has 0 unspecified atom stereocenters. The van der Waals surface area contributed by atoms with E-state index >= 15 is 0 Å². The Kier molecular flexibility index (Phi) is 4.28. The van der Waals surface area contributed by atoms with Crippen molar-refractivity contribution in [2.24, 2.45) is 0 Å². The van der Waals surface area contributed by atoms with Gasteiger partial charge in [0, 0.05) is 25.4 Å². The average Bonchev–Trinajstić information content (AvgIpc) is 2.87. The standard InChI is InChI=1S/C16H16FN5O2/c1-11(23)19-12-5-6-13(17)14(10-12)18-7-9-22-16(24)21-8-3-2-4-15(21)20-22/h2-6,8,10,18H,7,9H2,1H3,(H,19,23). The van der Waals surface area contributed by atoms with Crippen LogP contribution >= 0.6 is 0 Å². The van der Waals surface area contributed by atoms with Gasteiger partial charge in [0.25, 0.3) is 0 Å². The molecule has 3 aromatic rings. The van der Waals surface area contributed by atoms with Crippen molar-refractivity contribution in [3.8, 4) is 0 Å². The predicted octanol–water partition coefficient (Wildman–Crippen LogP) is 1.71. The lowest BCUT2D eigenvalue weighted by Gasteiger charge is -2.09. The first-order valence-electron chi connectivity index (χ1n) is 7.40. The summed E-state index contributed by atoms with van der Waals surface area (Å²) in [5.41, 5.74) is 1.05. The predicted molar refractivity (Wildman–Crippen MR) is 88.6 cm³/mol. The van der Waals surface area contributed by atoms with E-state index in [1.807, 2.05) is 0 Å². The quantitative estimate of drug-likeness (QED) is 0.747. The molecule has 0 aliphatic carbocycles. The number of nitrogens with one attached hydrogen (secondary N) is 2. The van der Waals surface area contributed by atoms with Gasteiger partial charge in [-0.05, 0) is 30.3 Å². The van der Waals surface area contributed by atoms with E-state index in [-0.39, 0.29) is 23.8 Å². The van der Waals surface area contributed by atoms with Crippen molar-refractivity contribution >= 4 is 22.9 Å². The summed E-state index contributed by atoms with van der Waals surface area (Å²) in [5, 5.41) is 9.70. The van der Waals surface area contributed by atoms with Crippen LogP contribution in [0.2, 0.25) is 0 Å². The van der Waals surface area contributed by atoms with Gasteiger partial charge in [0.15, 0.2) is 5.65 Å². The maximum Gasteiger partial charge on any atom is 0.350 e. The molecule has 8 heteroatoms. The second-order valence-corrected chi connectivity index (χ2v) is 5.24. The number of aromatic nitrogens is 3. The van der Waals surface area contributed by atoms with E-state index in [9.17, 15) is 14.0 Å². The van der Waals surface area contributed by atoms with Crippen LogP contribution in [-0.2, 0) is 11.3 Å². The van der Waals surface area contributed by atoms with Crippen molar-refractivity contribution in [2.75, 3.05) is 17.2 Å². The molecule has 0 saturated heterocycles. The third kappa shape index (κ3) is 3.27. The molecule has 1 amide bonds. The fraction of sp³-hybridized carbons (Fsp3) is 0.188. The molecule has 0 fully saturated rings. The number of benzene rings is 1. The molecule has 2 heterocycles. The number of carbonyl (C=O) groups is 1. The molecule has 0 saturated carbocycles. The van der Waals surface area contributed by atoms with Crippen molar-refractivity contribution in [3.05, 3.63) is 58.9 Å². The summed E-state index contributed by atoms with van der Waals surface area (Å²) < 4.78 is 16.6. The van der Waals surface area contributed by atoms with Crippen LogP contribution < -0.4 is 16.3 Å². The van der Waals surface area contributed by atoms with Crippen molar-refractivity contribution in [1.29, 1.82) is 0 Å². The number of hydrogen-bond acceptors (Lipinski definition) is 4. The zero-order valence-electron chi connectivity index (χ0n) is 13.0. The van der Waals surface area contributed by atoms with Crippen LogP contribution in [0.15, 0.2) is 47.4 Å². The Balaban J connectivity index is 1.70. The van der Waals surface area contributed by atoms with E-state index < -0.39 is 5.82 Å². The molecule has 3 rings (SSSR count). The Labute approximate surface area is 136 Å². The highest BCUT2D eigenvalue weighted by Gasteiger charge is 2.07. The van der Waals surface area contributed by atoms with Crippen LogP contribution in [-0.4, -0.2) is 26.6 Å². The van der Waals surface area contributed by atoms with Crippen LogP contribution in [0.25, 0.3) is 5.65 Å². The fourth-order valence-corrected chi connectivity index (χ4v) is 2.35. The highest BCUT2D eigenvalue weighted by Crippen LogP contribution is 2.19. The van der Waals surface area contributed by atoms with Gasteiger partial charge in [-0.3, -0.25) is 9.20 Å². The number of carbonyl (C=O) groups excluding carboxylic acids is 1. The molecule has 24 heavy (non-hydrogen) atoms. The molecule has 7 nitrogen and oxygen atoms in total. The van der Waals surface area contributed by atoms with E-state index in [0.717, 1.165) is 0 Å². The van der Waals surface area contributed by atoms with Crippen LogP contribution in [0.3, 0.4) is 0 Å². The summed E-state index contributed by atoms with van der Waals surface area (Å²) in [6.07, 6.45) is 1.64. The monoisotopic (exact) mass is 329 g/mol. The van der Waals surface area contributed by atoms with Crippen molar-refractivity contribution < 1.29 is 9.18 Å². The highest BCUT2D eigenvalue weighted by atomic mass is 19.1. The lowest BCUT2D eigenvalue weighted by atomic mass is 10.2. The minimum absolute atomic E-state index is 0.233. The molecule has 0 bridgehead atoms. The molecule has 1 aromatic carbocycles. The summed E-state index contributed by atoms with van der Waals surface area (Å²) in [6, 6.07) is 9.54. The number of nitrogens with zero attached hydrogens (tertiary/aromatic N) is 3. The second-order valence-electron chi connectivity index (χ2n) is 5.24. The first-order chi connectivity index (χ1) is 11.5. The molecule has 0 aliphatic heterocycles. The Hall–Kier alpha value is -3.16. The largest absolute Gasteiger partial charge is 0.381 e. The molecular formula is C16H16FN5O2. The van der Waals surface area contributed by atoms with Crippen molar-refractivity contribution in [2.45, 2.75) is 13.5 Å². The van der Waals surface area contributed by atoms with E-state index in [2.05, 4.69) is 15.7 Å². The van der Waals surface area contributed by atoms with Crippen LogP contribution in [0.5, 0.6) is 0 Å². The topological polar surface area (TPSA) is 80.4 Å². The number of amides is 1. The van der Waals surface area contributed by atoms with E-state index in [0.29, 0.717) is 17.9 Å².